The lowest BCUT2D eigenvalue weighted by molar-refractivity contribution is 0.102. The molecule has 0 aromatic heterocycles. The number of hydrogen-bond acceptors (Lipinski definition) is 6. The van der Waals surface area contributed by atoms with Gasteiger partial charge in [0.25, 0.3) is 15.9 Å². The van der Waals surface area contributed by atoms with E-state index in [2.05, 4.69) is 10.0 Å². The lowest BCUT2D eigenvalue weighted by Crippen LogP contribution is -2.15. The van der Waals surface area contributed by atoms with E-state index in [4.69, 9.17) is 25.8 Å². The Balaban J connectivity index is 1.89. The molecule has 33 heavy (non-hydrogen) atoms. The van der Waals surface area contributed by atoms with Crippen molar-refractivity contribution >= 4 is 38.9 Å². The first-order valence-electron chi connectivity index (χ1n) is 9.37. The van der Waals surface area contributed by atoms with Gasteiger partial charge in [0.2, 0.25) is 0 Å². The van der Waals surface area contributed by atoms with Crippen LogP contribution in [0.2, 0.25) is 5.02 Å². The highest BCUT2D eigenvalue weighted by molar-refractivity contribution is 7.92. The SMILES string of the molecule is COc1ccc(NC(=O)c2cc(Cl)c(OC)c(OC)c2)cc1NS(=O)(=O)c1ccc(F)cc1. The van der Waals surface area contributed by atoms with E-state index >= 15 is 0 Å². The number of benzene rings is 3. The Morgan fingerprint density at radius 1 is 0.909 bits per heavy atom. The third kappa shape index (κ3) is 5.47. The van der Waals surface area contributed by atoms with Crippen LogP contribution in [0.4, 0.5) is 15.8 Å². The van der Waals surface area contributed by atoms with Crippen LogP contribution in [0.15, 0.2) is 59.5 Å². The molecule has 2 N–H and O–H groups in total. The Morgan fingerprint density at radius 2 is 1.58 bits per heavy atom. The maximum absolute atomic E-state index is 13.2. The van der Waals surface area contributed by atoms with Gasteiger partial charge < -0.3 is 19.5 Å². The van der Waals surface area contributed by atoms with Gasteiger partial charge in [-0.2, -0.15) is 0 Å². The molecule has 174 valence electrons. The fourth-order valence-corrected chi connectivity index (χ4v) is 4.28. The minimum atomic E-state index is -4.04. The molecule has 0 spiro atoms. The lowest BCUT2D eigenvalue weighted by atomic mass is 10.1. The number of anilines is 2. The van der Waals surface area contributed by atoms with Gasteiger partial charge in [0.15, 0.2) is 11.5 Å². The predicted octanol–water partition coefficient (Wildman–Crippen LogP) is 4.56. The van der Waals surface area contributed by atoms with Crippen molar-refractivity contribution in [3.63, 3.8) is 0 Å². The smallest absolute Gasteiger partial charge is 0.262 e. The molecule has 11 heteroatoms. The van der Waals surface area contributed by atoms with Crippen LogP contribution < -0.4 is 24.2 Å². The molecule has 0 saturated heterocycles. The second kappa shape index (κ2) is 9.97. The Hall–Kier alpha value is -3.50. The third-order valence-corrected chi connectivity index (χ3v) is 6.18. The highest BCUT2D eigenvalue weighted by Gasteiger charge is 2.19. The van der Waals surface area contributed by atoms with Crippen LogP contribution in [0.5, 0.6) is 17.2 Å². The summed E-state index contributed by atoms with van der Waals surface area (Å²) in [6.45, 7) is 0. The molecule has 0 bridgehead atoms. The van der Waals surface area contributed by atoms with Crippen LogP contribution in [0, 0.1) is 5.82 Å². The zero-order chi connectivity index (χ0) is 24.2. The van der Waals surface area contributed by atoms with Gasteiger partial charge in [-0.05, 0) is 54.6 Å². The van der Waals surface area contributed by atoms with Crippen LogP contribution in [0.3, 0.4) is 0 Å². The quantitative estimate of drug-likeness (QED) is 0.476. The van der Waals surface area contributed by atoms with Gasteiger partial charge in [0.1, 0.15) is 11.6 Å². The van der Waals surface area contributed by atoms with Crippen molar-refractivity contribution in [2.75, 3.05) is 31.4 Å². The van der Waals surface area contributed by atoms with Crippen molar-refractivity contribution in [1.82, 2.24) is 0 Å². The Kier molecular flexibility index (Phi) is 7.29. The molecule has 3 rings (SSSR count). The van der Waals surface area contributed by atoms with E-state index in [1.165, 1.54) is 51.7 Å². The predicted molar refractivity (Wildman–Crippen MR) is 123 cm³/mol. The molecule has 0 saturated carbocycles. The number of hydrogen-bond donors (Lipinski definition) is 2. The van der Waals surface area contributed by atoms with Crippen molar-refractivity contribution in [3.8, 4) is 17.2 Å². The van der Waals surface area contributed by atoms with Crippen LogP contribution in [-0.4, -0.2) is 35.7 Å². The van der Waals surface area contributed by atoms with Crippen LogP contribution in [0.25, 0.3) is 0 Å². The van der Waals surface area contributed by atoms with E-state index in [-0.39, 0.29) is 44.1 Å². The maximum atomic E-state index is 13.2. The summed E-state index contributed by atoms with van der Waals surface area (Å²) in [5.74, 6) is -0.301. The Labute approximate surface area is 195 Å². The van der Waals surface area contributed by atoms with Gasteiger partial charge in [0.05, 0.1) is 36.9 Å². The molecule has 8 nitrogen and oxygen atoms in total. The first-order valence-corrected chi connectivity index (χ1v) is 11.2. The van der Waals surface area contributed by atoms with E-state index < -0.39 is 21.7 Å². The first kappa shape index (κ1) is 24.1. The van der Waals surface area contributed by atoms with Crippen molar-refractivity contribution in [2.24, 2.45) is 0 Å². The van der Waals surface area contributed by atoms with Gasteiger partial charge in [-0.15, -0.1) is 0 Å². The molecule has 3 aromatic carbocycles. The van der Waals surface area contributed by atoms with Crippen molar-refractivity contribution in [3.05, 3.63) is 71.0 Å². The monoisotopic (exact) mass is 494 g/mol. The molecule has 0 atom stereocenters. The molecule has 0 radical (unpaired) electrons. The lowest BCUT2D eigenvalue weighted by Gasteiger charge is -2.15. The zero-order valence-electron chi connectivity index (χ0n) is 17.8. The summed E-state index contributed by atoms with van der Waals surface area (Å²) in [5, 5.41) is 2.85. The number of amides is 1. The summed E-state index contributed by atoms with van der Waals surface area (Å²) in [6.07, 6.45) is 0. The number of carbonyl (C=O) groups is 1. The van der Waals surface area contributed by atoms with Gasteiger partial charge in [0, 0.05) is 11.3 Å². The van der Waals surface area contributed by atoms with Crippen molar-refractivity contribution < 1.29 is 31.8 Å². The molecule has 0 aliphatic carbocycles. The summed E-state index contributed by atoms with van der Waals surface area (Å²) in [5.41, 5.74) is 0.551. The second-order valence-corrected chi connectivity index (χ2v) is 8.71. The average molecular weight is 495 g/mol. The molecule has 1 amide bonds. The normalized spacial score (nSPS) is 10.9. The number of carbonyl (C=O) groups excluding carboxylic acids is 1. The van der Waals surface area contributed by atoms with E-state index in [9.17, 15) is 17.6 Å². The molecule has 3 aromatic rings. The summed E-state index contributed by atoms with van der Waals surface area (Å²) < 4.78 is 56.5. The number of halogens is 2. The number of rotatable bonds is 8. The standard InChI is InChI=1S/C22H20ClFN2O6S/c1-30-19-9-6-15(12-18(19)26-33(28,29)16-7-4-14(24)5-8-16)25-22(27)13-10-17(23)21(32-3)20(11-13)31-2/h4-12,26H,1-3H3,(H,25,27). The maximum Gasteiger partial charge on any atom is 0.262 e. The minimum absolute atomic E-state index is 0.0740. The largest absolute Gasteiger partial charge is 0.495 e. The summed E-state index contributed by atoms with van der Waals surface area (Å²) in [6, 6.07) is 11.6. The van der Waals surface area contributed by atoms with Gasteiger partial charge >= 0.3 is 0 Å². The van der Waals surface area contributed by atoms with Crippen LogP contribution in [0.1, 0.15) is 10.4 Å². The highest BCUT2D eigenvalue weighted by Crippen LogP contribution is 2.36. The van der Waals surface area contributed by atoms with Crippen molar-refractivity contribution in [2.45, 2.75) is 4.90 Å². The zero-order valence-corrected chi connectivity index (χ0v) is 19.4. The second-order valence-electron chi connectivity index (χ2n) is 6.62. The molecule has 0 fully saturated rings. The Morgan fingerprint density at radius 3 is 2.18 bits per heavy atom. The van der Waals surface area contributed by atoms with Gasteiger partial charge in [-0.1, -0.05) is 11.6 Å². The van der Waals surface area contributed by atoms with Gasteiger partial charge in [-0.25, -0.2) is 12.8 Å². The first-order chi connectivity index (χ1) is 15.7. The van der Waals surface area contributed by atoms with Crippen LogP contribution in [-0.2, 0) is 10.0 Å². The third-order valence-electron chi connectivity index (χ3n) is 4.52. The highest BCUT2D eigenvalue weighted by atomic mass is 35.5. The van der Waals surface area contributed by atoms with E-state index in [0.29, 0.717) is 0 Å². The van der Waals surface area contributed by atoms with Crippen molar-refractivity contribution in [1.29, 1.82) is 0 Å². The summed E-state index contributed by atoms with van der Waals surface area (Å²) in [4.78, 5) is 12.6. The fourth-order valence-electron chi connectivity index (χ4n) is 2.94. The summed E-state index contributed by atoms with van der Waals surface area (Å²) in [7, 11) is 0.172. The minimum Gasteiger partial charge on any atom is -0.495 e. The van der Waals surface area contributed by atoms with E-state index in [1.807, 2.05) is 0 Å². The number of methoxy groups -OCH3 is 3. The molecule has 0 heterocycles. The van der Waals surface area contributed by atoms with Gasteiger partial charge in [-0.3, -0.25) is 9.52 Å². The van der Waals surface area contributed by atoms with E-state index in [0.717, 1.165) is 24.3 Å². The van der Waals surface area contributed by atoms with Crippen LogP contribution >= 0.6 is 11.6 Å². The topological polar surface area (TPSA) is 103 Å². The Bertz CT molecular complexity index is 1280. The molecular formula is C22H20ClFN2O6S. The average Bonchev–Trinajstić information content (AvgIpc) is 2.78. The number of ether oxygens (including phenoxy) is 3. The number of sulfonamides is 1. The fraction of sp³-hybridized carbons (Fsp3) is 0.136. The number of nitrogens with one attached hydrogen (secondary N) is 2. The molecular weight excluding hydrogens is 475 g/mol. The summed E-state index contributed by atoms with van der Waals surface area (Å²) >= 11 is 6.16. The molecule has 0 aliphatic heterocycles. The molecule has 0 unspecified atom stereocenters. The van der Waals surface area contributed by atoms with E-state index in [1.54, 1.807) is 0 Å². The molecule has 0 aliphatic rings.